The van der Waals surface area contributed by atoms with Crippen molar-refractivity contribution in [2.75, 3.05) is 10.6 Å². The Morgan fingerprint density at radius 2 is 1.45 bits per heavy atom. The number of anilines is 2. The molecule has 2 N–H and O–H groups in total. The van der Waals surface area contributed by atoms with Crippen molar-refractivity contribution in [3.63, 3.8) is 0 Å². The van der Waals surface area contributed by atoms with Gasteiger partial charge < -0.3 is 5.73 Å². The predicted octanol–water partition coefficient (Wildman–Crippen LogP) is 3.25. The van der Waals surface area contributed by atoms with Crippen LogP contribution in [0.4, 0.5) is 11.4 Å². The van der Waals surface area contributed by atoms with Gasteiger partial charge in [0.2, 0.25) is 11.8 Å². The maximum absolute atomic E-state index is 12.5. The lowest BCUT2D eigenvalue weighted by atomic mass is 9.85. The second kappa shape index (κ2) is 5.00. The van der Waals surface area contributed by atoms with Crippen molar-refractivity contribution in [2.45, 2.75) is 12.8 Å². The maximum atomic E-state index is 12.5. The van der Waals surface area contributed by atoms with Gasteiger partial charge in [-0.2, -0.15) is 0 Å². The molecule has 1 fully saturated rings. The zero-order valence-electron chi connectivity index (χ0n) is 10.5. The Hall–Kier alpha value is -1.14. The van der Waals surface area contributed by atoms with Crippen LogP contribution in [0.1, 0.15) is 12.8 Å². The minimum absolute atomic E-state index is 0.118. The van der Waals surface area contributed by atoms with Crippen LogP contribution in [0.15, 0.2) is 33.2 Å². The predicted molar refractivity (Wildman–Crippen MR) is 84.1 cm³/mol. The van der Waals surface area contributed by atoms with E-state index in [4.69, 9.17) is 5.73 Å². The monoisotopic (exact) mass is 398 g/mol. The smallest absolute Gasteiger partial charge is 0.238 e. The SMILES string of the molecule is Nc1c(Br)cc(N2C(=O)[C@H]3CC=CC[C@H]3C2=O)cc1Br. The summed E-state index contributed by atoms with van der Waals surface area (Å²) in [5.41, 5.74) is 6.95. The van der Waals surface area contributed by atoms with Crippen molar-refractivity contribution in [3.8, 4) is 0 Å². The zero-order valence-corrected chi connectivity index (χ0v) is 13.6. The molecule has 20 heavy (non-hydrogen) atoms. The van der Waals surface area contributed by atoms with Crippen molar-refractivity contribution >= 4 is 55.0 Å². The van der Waals surface area contributed by atoms with E-state index in [1.54, 1.807) is 12.1 Å². The number of amides is 2. The van der Waals surface area contributed by atoms with Gasteiger partial charge in [0.15, 0.2) is 0 Å². The first kappa shape index (κ1) is 13.8. The van der Waals surface area contributed by atoms with Gasteiger partial charge in [-0.05, 0) is 56.8 Å². The van der Waals surface area contributed by atoms with Gasteiger partial charge in [0, 0.05) is 8.95 Å². The third-order valence-corrected chi connectivity index (χ3v) is 5.14. The number of nitrogens with two attached hydrogens (primary N) is 1. The van der Waals surface area contributed by atoms with Crippen LogP contribution in [0.5, 0.6) is 0 Å². The van der Waals surface area contributed by atoms with Crippen molar-refractivity contribution in [2.24, 2.45) is 11.8 Å². The van der Waals surface area contributed by atoms with Gasteiger partial charge in [-0.25, -0.2) is 4.90 Å². The van der Waals surface area contributed by atoms with Crippen molar-refractivity contribution < 1.29 is 9.59 Å². The molecule has 3 rings (SSSR count). The highest BCUT2D eigenvalue weighted by molar-refractivity contribution is 9.11. The van der Waals surface area contributed by atoms with E-state index in [1.807, 2.05) is 12.2 Å². The van der Waals surface area contributed by atoms with E-state index < -0.39 is 0 Å². The topological polar surface area (TPSA) is 63.4 Å². The summed E-state index contributed by atoms with van der Waals surface area (Å²) in [6.07, 6.45) is 5.24. The summed E-state index contributed by atoms with van der Waals surface area (Å²) < 4.78 is 1.32. The molecule has 0 saturated carbocycles. The molecule has 0 bridgehead atoms. The first-order valence-corrected chi connectivity index (χ1v) is 7.86. The number of rotatable bonds is 1. The number of hydrogen-bond donors (Lipinski definition) is 1. The highest BCUT2D eigenvalue weighted by Crippen LogP contribution is 2.40. The van der Waals surface area contributed by atoms with Crippen LogP contribution >= 0.6 is 31.9 Å². The van der Waals surface area contributed by atoms with E-state index in [1.165, 1.54) is 4.90 Å². The number of allylic oxidation sites excluding steroid dienone is 2. The summed E-state index contributed by atoms with van der Waals surface area (Å²) in [5.74, 6) is -0.675. The van der Waals surface area contributed by atoms with Crippen LogP contribution < -0.4 is 10.6 Å². The van der Waals surface area contributed by atoms with Crippen LogP contribution in [-0.4, -0.2) is 11.8 Å². The molecule has 1 saturated heterocycles. The van der Waals surface area contributed by atoms with Gasteiger partial charge in [0.05, 0.1) is 23.2 Å². The number of nitrogen functional groups attached to an aromatic ring is 1. The fourth-order valence-corrected chi connectivity index (χ4v) is 3.92. The average Bonchev–Trinajstić information content (AvgIpc) is 2.68. The molecule has 1 aliphatic heterocycles. The highest BCUT2D eigenvalue weighted by Gasteiger charge is 2.47. The van der Waals surface area contributed by atoms with E-state index in [0.29, 0.717) is 33.2 Å². The van der Waals surface area contributed by atoms with E-state index in [2.05, 4.69) is 31.9 Å². The maximum Gasteiger partial charge on any atom is 0.238 e. The minimum atomic E-state index is -0.220. The molecule has 1 aromatic rings. The molecule has 1 aliphatic carbocycles. The molecule has 2 aliphatic rings. The van der Waals surface area contributed by atoms with Gasteiger partial charge in [-0.1, -0.05) is 12.2 Å². The van der Waals surface area contributed by atoms with Gasteiger partial charge in [-0.3, -0.25) is 9.59 Å². The van der Waals surface area contributed by atoms with Crippen LogP contribution in [0.25, 0.3) is 0 Å². The molecule has 0 aromatic heterocycles. The lowest BCUT2D eigenvalue weighted by Gasteiger charge is -2.16. The molecular formula is C14H12Br2N2O2. The number of hydrogen-bond acceptors (Lipinski definition) is 3. The molecular weight excluding hydrogens is 388 g/mol. The summed E-state index contributed by atoms with van der Waals surface area (Å²) in [6, 6.07) is 3.42. The summed E-state index contributed by atoms with van der Waals surface area (Å²) in [7, 11) is 0. The Balaban J connectivity index is 2.03. The third kappa shape index (κ3) is 2.02. The van der Waals surface area contributed by atoms with E-state index in [9.17, 15) is 9.59 Å². The molecule has 1 aromatic carbocycles. The largest absolute Gasteiger partial charge is 0.397 e. The van der Waals surface area contributed by atoms with Crippen LogP contribution in [-0.2, 0) is 9.59 Å². The summed E-state index contributed by atoms with van der Waals surface area (Å²) in [5, 5.41) is 0. The normalized spacial score (nSPS) is 25.2. The summed E-state index contributed by atoms with van der Waals surface area (Å²) >= 11 is 6.69. The van der Waals surface area contributed by atoms with Gasteiger partial charge in [-0.15, -0.1) is 0 Å². The minimum Gasteiger partial charge on any atom is -0.397 e. The number of halogens is 2. The Kier molecular flexibility index (Phi) is 3.46. The number of carbonyl (C=O) groups is 2. The molecule has 104 valence electrons. The fourth-order valence-electron chi connectivity index (χ4n) is 2.75. The number of fused-ring (bicyclic) bond motifs is 1. The van der Waals surface area contributed by atoms with E-state index >= 15 is 0 Å². The summed E-state index contributed by atoms with van der Waals surface area (Å²) in [4.78, 5) is 26.2. The lowest BCUT2D eigenvalue weighted by molar-refractivity contribution is -0.122. The first-order valence-electron chi connectivity index (χ1n) is 6.28. The lowest BCUT2D eigenvalue weighted by Crippen LogP contribution is -2.30. The third-order valence-electron chi connectivity index (χ3n) is 3.83. The van der Waals surface area contributed by atoms with Crippen LogP contribution in [0, 0.1) is 11.8 Å². The van der Waals surface area contributed by atoms with E-state index in [-0.39, 0.29) is 23.7 Å². The molecule has 0 unspecified atom stereocenters. The number of nitrogens with zero attached hydrogens (tertiary/aromatic N) is 1. The average molecular weight is 400 g/mol. The molecule has 6 heteroatoms. The molecule has 0 radical (unpaired) electrons. The Bertz CT molecular complexity index is 593. The first-order chi connectivity index (χ1) is 9.50. The van der Waals surface area contributed by atoms with Crippen LogP contribution in [0.2, 0.25) is 0 Å². The molecule has 1 heterocycles. The second-order valence-electron chi connectivity index (χ2n) is 4.99. The zero-order chi connectivity index (χ0) is 14.4. The van der Waals surface area contributed by atoms with Crippen molar-refractivity contribution in [1.82, 2.24) is 0 Å². The quantitative estimate of drug-likeness (QED) is 0.448. The number of benzene rings is 1. The Labute approximate surface area is 133 Å². The van der Waals surface area contributed by atoms with E-state index in [0.717, 1.165) is 0 Å². The molecule has 2 amide bonds. The molecule has 0 spiro atoms. The number of imide groups is 1. The number of carbonyl (C=O) groups excluding carboxylic acids is 2. The highest BCUT2D eigenvalue weighted by atomic mass is 79.9. The molecule has 4 nitrogen and oxygen atoms in total. The Morgan fingerprint density at radius 3 is 1.90 bits per heavy atom. The Morgan fingerprint density at radius 1 is 1.00 bits per heavy atom. The summed E-state index contributed by atoms with van der Waals surface area (Å²) in [6.45, 7) is 0. The van der Waals surface area contributed by atoms with Crippen molar-refractivity contribution in [3.05, 3.63) is 33.2 Å². The standard InChI is InChI=1S/C14H12Br2N2O2/c15-10-5-7(6-11(16)12(10)17)18-13(19)8-3-1-2-4-9(8)14(18)20/h1-2,5-6,8-9H,3-4,17H2/t8-,9+. The van der Waals surface area contributed by atoms with Crippen molar-refractivity contribution in [1.29, 1.82) is 0 Å². The fraction of sp³-hybridized carbons (Fsp3) is 0.286. The van der Waals surface area contributed by atoms with Gasteiger partial charge in [0.25, 0.3) is 0 Å². The van der Waals surface area contributed by atoms with Gasteiger partial charge >= 0.3 is 0 Å². The van der Waals surface area contributed by atoms with Crippen LogP contribution in [0.3, 0.4) is 0 Å². The second-order valence-corrected chi connectivity index (χ2v) is 6.70. The van der Waals surface area contributed by atoms with Gasteiger partial charge in [0.1, 0.15) is 0 Å². The molecule has 2 atom stereocenters.